The fourth-order valence-corrected chi connectivity index (χ4v) is 2.17. The fraction of sp³-hybridized carbons (Fsp3) is 0.0769. The maximum absolute atomic E-state index is 14.0. The Balaban J connectivity index is 2.14. The monoisotopic (exact) mass is 321 g/mol. The highest BCUT2D eigenvalue weighted by Crippen LogP contribution is 2.30. The molecule has 0 fully saturated rings. The van der Waals surface area contributed by atoms with E-state index in [0.29, 0.717) is 5.52 Å². The molecule has 0 radical (unpaired) electrons. The minimum absolute atomic E-state index is 0.117. The number of ether oxygens (including phenoxy) is 1. The molecular formula is C13H9ClFN5O2. The predicted molar refractivity (Wildman–Crippen MR) is 78.1 cm³/mol. The lowest BCUT2D eigenvalue weighted by molar-refractivity contribution is 0.187. The Morgan fingerprint density at radius 1 is 1.41 bits per heavy atom. The van der Waals surface area contributed by atoms with Crippen molar-refractivity contribution in [2.45, 2.75) is 0 Å². The van der Waals surface area contributed by atoms with Crippen molar-refractivity contribution in [2.24, 2.45) is 0 Å². The highest BCUT2D eigenvalue weighted by Gasteiger charge is 2.17. The van der Waals surface area contributed by atoms with E-state index in [9.17, 15) is 9.18 Å². The van der Waals surface area contributed by atoms with E-state index in [0.717, 1.165) is 0 Å². The van der Waals surface area contributed by atoms with Crippen LogP contribution in [0.25, 0.3) is 22.6 Å². The van der Waals surface area contributed by atoms with Gasteiger partial charge in [0.05, 0.1) is 17.7 Å². The van der Waals surface area contributed by atoms with Gasteiger partial charge in [0.15, 0.2) is 11.5 Å². The Kier molecular flexibility index (Phi) is 3.60. The Bertz CT molecular complexity index is 847. The smallest absolute Gasteiger partial charge is 0.412 e. The number of aromatic amines is 1. The Morgan fingerprint density at radius 2 is 2.23 bits per heavy atom. The molecule has 2 N–H and O–H groups in total. The van der Waals surface area contributed by atoms with Crippen molar-refractivity contribution in [1.82, 2.24) is 19.9 Å². The predicted octanol–water partition coefficient (Wildman–Crippen LogP) is 2.99. The molecule has 0 saturated heterocycles. The van der Waals surface area contributed by atoms with Gasteiger partial charge in [-0.2, -0.15) is 0 Å². The molecule has 112 valence electrons. The number of aromatic nitrogens is 4. The largest absolute Gasteiger partial charge is 0.453 e. The van der Waals surface area contributed by atoms with Crippen LogP contribution in [0, 0.1) is 5.82 Å². The fourth-order valence-electron chi connectivity index (χ4n) is 1.91. The van der Waals surface area contributed by atoms with E-state index < -0.39 is 11.9 Å². The van der Waals surface area contributed by atoms with Crippen molar-refractivity contribution in [3.63, 3.8) is 0 Å². The van der Waals surface area contributed by atoms with Gasteiger partial charge in [0, 0.05) is 0 Å². The maximum atomic E-state index is 14.0. The minimum atomic E-state index is -0.694. The number of imidazole rings is 1. The molecule has 7 nitrogen and oxygen atoms in total. The molecule has 22 heavy (non-hydrogen) atoms. The van der Waals surface area contributed by atoms with Crippen molar-refractivity contribution in [3.8, 4) is 11.4 Å². The van der Waals surface area contributed by atoms with Crippen LogP contribution in [0.4, 0.5) is 15.0 Å². The van der Waals surface area contributed by atoms with Gasteiger partial charge >= 0.3 is 6.09 Å². The van der Waals surface area contributed by atoms with Crippen LogP contribution in [-0.2, 0) is 4.74 Å². The van der Waals surface area contributed by atoms with Gasteiger partial charge in [0.2, 0.25) is 0 Å². The van der Waals surface area contributed by atoms with Crippen LogP contribution < -0.4 is 5.32 Å². The number of carbonyl (C=O) groups excluding carboxylic acids is 1. The van der Waals surface area contributed by atoms with Crippen molar-refractivity contribution in [2.75, 3.05) is 12.4 Å². The highest BCUT2D eigenvalue weighted by molar-refractivity contribution is 6.33. The van der Waals surface area contributed by atoms with Crippen molar-refractivity contribution < 1.29 is 13.9 Å². The van der Waals surface area contributed by atoms with Crippen LogP contribution in [0.2, 0.25) is 5.02 Å². The third-order valence-electron chi connectivity index (χ3n) is 2.89. The lowest BCUT2D eigenvalue weighted by atomic mass is 10.2. The number of hydrogen-bond acceptors (Lipinski definition) is 5. The van der Waals surface area contributed by atoms with Gasteiger partial charge in [0.1, 0.15) is 23.5 Å². The molecule has 1 aromatic carbocycles. The molecule has 0 saturated carbocycles. The van der Waals surface area contributed by atoms with Gasteiger partial charge in [-0.1, -0.05) is 17.7 Å². The number of rotatable bonds is 2. The van der Waals surface area contributed by atoms with E-state index in [-0.39, 0.29) is 27.9 Å². The third kappa shape index (κ3) is 2.44. The van der Waals surface area contributed by atoms with E-state index in [4.69, 9.17) is 11.6 Å². The Morgan fingerprint density at radius 3 is 2.95 bits per heavy atom. The zero-order valence-electron chi connectivity index (χ0n) is 11.2. The summed E-state index contributed by atoms with van der Waals surface area (Å²) in [5.74, 6) is -0.170. The van der Waals surface area contributed by atoms with E-state index in [1.54, 1.807) is 6.07 Å². The first kappa shape index (κ1) is 14.2. The number of amides is 1. The lowest BCUT2D eigenvalue weighted by Crippen LogP contribution is -2.12. The topological polar surface area (TPSA) is 92.8 Å². The summed E-state index contributed by atoms with van der Waals surface area (Å²) in [6, 6.07) is 4.31. The van der Waals surface area contributed by atoms with Crippen molar-refractivity contribution >= 4 is 34.7 Å². The first-order valence-corrected chi connectivity index (χ1v) is 6.48. The molecule has 2 aromatic heterocycles. The number of fused-ring (bicyclic) bond motifs is 1. The second-order valence-electron chi connectivity index (χ2n) is 4.22. The molecule has 0 aliphatic carbocycles. The van der Waals surface area contributed by atoms with Gasteiger partial charge in [-0.3, -0.25) is 5.32 Å². The third-order valence-corrected chi connectivity index (χ3v) is 3.21. The highest BCUT2D eigenvalue weighted by atomic mass is 35.5. The summed E-state index contributed by atoms with van der Waals surface area (Å²) in [4.78, 5) is 26.2. The molecule has 0 spiro atoms. The first-order chi connectivity index (χ1) is 10.6. The molecule has 0 bridgehead atoms. The van der Waals surface area contributed by atoms with E-state index in [2.05, 4.69) is 30.0 Å². The lowest BCUT2D eigenvalue weighted by Gasteiger charge is -2.02. The first-order valence-electron chi connectivity index (χ1n) is 6.10. The zero-order chi connectivity index (χ0) is 15.7. The van der Waals surface area contributed by atoms with Crippen LogP contribution in [0.5, 0.6) is 0 Å². The maximum Gasteiger partial charge on any atom is 0.412 e. The summed E-state index contributed by atoms with van der Waals surface area (Å²) in [6.45, 7) is 0. The van der Waals surface area contributed by atoms with Crippen molar-refractivity contribution in [3.05, 3.63) is 35.4 Å². The van der Waals surface area contributed by atoms with E-state index >= 15 is 0 Å². The molecule has 3 aromatic rings. The molecule has 3 rings (SSSR count). The summed E-state index contributed by atoms with van der Waals surface area (Å²) >= 11 is 6.01. The molecule has 0 aliphatic rings. The standard InChI is InChI=1S/C13H9ClFN5O2/c1-22-13(21)20-12-9-11(16-5-17-12)19-10(18-9)8-6(14)3-2-4-7(8)15/h2-5H,1H3,(H2,16,17,18,19,20,21). The van der Waals surface area contributed by atoms with Gasteiger partial charge in [-0.15, -0.1) is 0 Å². The SMILES string of the molecule is COC(=O)Nc1ncnc2nc(-c3c(F)cccc3Cl)[nH]c12. The van der Waals surface area contributed by atoms with Gasteiger partial charge in [-0.05, 0) is 12.1 Å². The van der Waals surface area contributed by atoms with Gasteiger partial charge in [-0.25, -0.2) is 24.1 Å². The van der Waals surface area contributed by atoms with Crippen LogP contribution in [0.1, 0.15) is 0 Å². The average molecular weight is 322 g/mol. The molecular weight excluding hydrogens is 313 g/mol. The minimum Gasteiger partial charge on any atom is -0.453 e. The number of halogens is 2. The van der Waals surface area contributed by atoms with E-state index in [1.807, 2.05) is 0 Å². The summed E-state index contributed by atoms with van der Waals surface area (Å²) in [5.41, 5.74) is 0.712. The summed E-state index contributed by atoms with van der Waals surface area (Å²) < 4.78 is 18.5. The molecule has 0 atom stereocenters. The number of nitrogens with zero attached hydrogens (tertiary/aromatic N) is 3. The van der Waals surface area contributed by atoms with E-state index in [1.165, 1.54) is 25.6 Å². The second kappa shape index (κ2) is 5.57. The number of H-pyrrole nitrogens is 1. The second-order valence-corrected chi connectivity index (χ2v) is 4.63. The average Bonchev–Trinajstić information content (AvgIpc) is 2.91. The molecule has 0 aliphatic heterocycles. The molecule has 1 amide bonds. The number of methoxy groups -OCH3 is 1. The number of carbonyl (C=O) groups is 1. The Labute approximate surface area is 128 Å². The molecule has 2 heterocycles. The van der Waals surface area contributed by atoms with Crippen LogP contribution in [-0.4, -0.2) is 33.1 Å². The number of hydrogen-bond donors (Lipinski definition) is 2. The Hall–Kier alpha value is -2.74. The number of benzene rings is 1. The summed E-state index contributed by atoms with van der Waals surface area (Å²) in [6.07, 6.45) is 0.529. The molecule has 9 heteroatoms. The van der Waals surface area contributed by atoms with Crippen LogP contribution in [0.15, 0.2) is 24.5 Å². The zero-order valence-corrected chi connectivity index (χ0v) is 12.0. The quantitative estimate of drug-likeness (QED) is 0.757. The van der Waals surface area contributed by atoms with Crippen molar-refractivity contribution in [1.29, 1.82) is 0 Å². The summed E-state index contributed by atoms with van der Waals surface area (Å²) in [7, 11) is 1.23. The van der Waals surface area contributed by atoms with Crippen LogP contribution in [0.3, 0.4) is 0 Å². The van der Waals surface area contributed by atoms with Crippen LogP contribution >= 0.6 is 11.6 Å². The summed E-state index contributed by atoms with van der Waals surface area (Å²) in [5, 5.41) is 2.62. The number of nitrogens with one attached hydrogen (secondary N) is 2. The van der Waals surface area contributed by atoms with Gasteiger partial charge < -0.3 is 9.72 Å². The molecule has 0 unspecified atom stereocenters. The van der Waals surface area contributed by atoms with Gasteiger partial charge in [0.25, 0.3) is 0 Å². The number of anilines is 1. The normalized spacial score (nSPS) is 10.7.